The van der Waals surface area contributed by atoms with Crippen LogP contribution in [0.5, 0.6) is 0 Å². The fraction of sp³-hybridized carbons (Fsp3) is 0.300. The highest BCUT2D eigenvalue weighted by Gasteiger charge is 1.95. The number of hydrogen-bond acceptors (Lipinski definition) is 6. The maximum atomic E-state index is 3.81. The van der Waals surface area contributed by atoms with Crippen LogP contribution in [0.25, 0.3) is 12.2 Å². The van der Waals surface area contributed by atoms with Gasteiger partial charge in [-0.2, -0.15) is 10.2 Å². The van der Waals surface area contributed by atoms with Crippen LogP contribution in [0, 0.1) is 0 Å². The van der Waals surface area contributed by atoms with E-state index in [0.29, 0.717) is 0 Å². The summed E-state index contributed by atoms with van der Waals surface area (Å²) in [6.45, 7) is 0. The molecule has 4 rings (SSSR count). The predicted molar refractivity (Wildman–Crippen MR) is 104 cm³/mol. The molecule has 2 aromatic rings. The first kappa shape index (κ1) is 19.3. The molecule has 0 N–H and O–H groups in total. The summed E-state index contributed by atoms with van der Waals surface area (Å²) in [4.78, 5) is 0. The van der Waals surface area contributed by atoms with E-state index in [1.54, 1.807) is 12.4 Å². The molecule has 0 unspecified atom stereocenters. The van der Waals surface area contributed by atoms with Crippen molar-refractivity contribution < 1.29 is 0 Å². The Labute approximate surface area is 154 Å². The lowest BCUT2D eigenvalue weighted by Crippen LogP contribution is -1.86. The Hall–Kier alpha value is -3.02. The topological polar surface area (TPSA) is 77.3 Å². The number of fused-ring (bicyclic) bond motifs is 1. The van der Waals surface area contributed by atoms with E-state index in [0.717, 1.165) is 11.1 Å². The van der Waals surface area contributed by atoms with E-state index in [1.807, 2.05) is 36.5 Å². The van der Waals surface area contributed by atoms with Gasteiger partial charge >= 0.3 is 0 Å². The van der Waals surface area contributed by atoms with Gasteiger partial charge < -0.3 is 0 Å². The van der Waals surface area contributed by atoms with Crippen molar-refractivity contribution in [2.45, 2.75) is 38.5 Å². The summed E-state index contributed by atoms with van der Waals surface area (Å²) >= 11 is 0. The lowest BCUT2D eigenvalue weighted by Gasteiger charge is -2.00. The highest BCUT2D eigenvalue weighted by atomic mass is 15.4. The number of rotatable bonds is 0. The maximum absolute atomic E-state index is 3.81. The number of aromatic nitrogens is 6. The molecule has 2 aliphatic rings. The average molecular weight is 348 g/mol. The summed E-state index contributed by atoms with van der Waals surface area (Å²) in [5.41, 5.74) is 2.20. The van der Waals surface area contributed by atoms with Gasteiger partial charge in [0.25, 0.3) is 0 Å². The Morgan fingerprint density at radius 3 is 1.46 bits per heavy atom. The van der Waals surface area contributed by atoms with E-state index < -0.39 is 0 Å². The molecule has 0 fully saturated rings. The summed E-state index contributed by atoms with van der Waals surface area (Å²) < 4.78 is 0. The lowest BCUT2D eigenvalue weighted by molar-refractivity contribution is 0.638. The smallest absolute Gasteiger partial charge is 0.0716 e. The summed E-state index contributed by atoms with van der Waals surface area (Å²) in [6, 6.07) is 0. The van der Waals surface area contributed by atoms with Crippen molar-refractivity contribution in [1.82, 2.24) is 30.8 Å². The molecule has 0 atom stereocenters. The SMILES string of the molecule is C1=C/CCCCCC/1.C1=C\C=C/c2cnncc2\C=C/1.c1cnnnn1. The van der Waals surface area contributed by atoms with E-state index in [9.17, 15) is 0 Å². The third kappa shape index (κ3) is 8.73. The van der Waals surface area contributed by atoms with Gasteiger partial charge in [0.2, 0.25) is 0 Å². The zero-order valence-corrected chi connectivity index (χ0v) is 14.9. The standard InChI is InChI=1S/C10H8N2.C8H14.C2H2N4/c1-2-4-6-10-8-12-11-7-9(10)5-3-1;1-2-4-6-8-7-5-3-1;1-2-4-6-5-3-1/h1-8H;1-2H,3-8H2;1-2H/b2-1-,3-1?,4-2?,5-3-,6-4-,9-5?,10-6?;2-1+;. The van der Waals surface area contributed by atoms with Gasteiger partial charge in [-0.1, -0.05) is 61.4 Å². The Morgan fingerprint density at radius 2 is 1.04 bits per heavy atom. The second-order valence-electron chi connectivity index (χ2n) is 5.67. The van der Waals surface area contributed by atoms with Crippen molar-refractivity contribution in [2.75, 3.05) is 0 Å². The van der Waals surface area contributed by atoms with Gasteiger partial charge in [0.1, 0.15) is 0 Å². The van der Waals surface area contributed by atoms with Crippen molar-refractivity contribution in [2.24, 2.45) is 0 Å². The Kier molecular flexibility index (Phi) is 9.87. The van der Waals surface area contributed by atoms with Gasteiger partial charge in [0.05, 0.1) is 24.8 Å². The molecular formula is C20H24N6. The summed E-state index contributed by atoms with van der Waals surface area (Å²) in [6.07, 6.45) is 31.4. The summed E-state index contributed by atoms with van der Waals surface area (Å²) in [5.74, 6) is 0. The van der Waals surface area contributed by atoms with Crippen molar-refractivity contribution in [3.05, 3.63) is 72.4 Å². The molecule has 0 bridgehead atoms. The second-order valence-corrected chi connectivity index (χ2v) is 5.67. The molecule has 0 spiro atoms. The normalized spacial score (nSPS) is 19.8. The third-order valence-corrected chi connectivity index (χ3v) is 3.68. The minimum Gasteiger partial charge on any atom is -0.158 e. The predicted octanol–water partition coefficient (Wildman–Crippen LogP) is 4.24. The maximum Gasteiger partial charge on any atom is 0.0716 e. The Balaban J connectivity index is 0.000000151. The zero-order chi connectivity index (χ0) is 18.1. The van der Waals surface area contributed by atoms with E-state index in [2.05, 4.69) is 43.0 Å². The first-order valence-corrected chi connectivity index (χ1v) is 8.89. The third-order valence-electron chi connectivity index (χ3n) is 3.68. The first-order valence-electron chi connectivity index (χ1n) is 8.89. The molecule has 0 radical (unpaired) electrons. The number of nitrogens with zero attached hydrogens (tertiary/aromatic N) is 6. The van der Waals surface area contributed by atoms with Crippen LogP contribution in [-0.2, 0) is 0 Å². The molecule has 0 saturated heterocycles. The molecular weight excluding hydrogens is 324 g/mol. The minimum absolute atomic E-state index is 1.10. The van der Waals surface area contributed by atoms with Crippen molar-refractivity contribution in [3.8, 4) is 0 Å². The van der Waals surface area contributed by atoms with Crippen LogP contribution in [0.3, 0.4) is 0 Å². The highest BCUT2D eigenvalue weighted by molar-refractivity contribution is 5.66. The molecule has 26 heavy (non-hydrogen) atoms. The van der Waals surface area contributed by atoms with Crippen LogP contribution in [0.4, 0.5) is 0 Å². The Bertz CT molecular complexity index is 650. The quantitative estimate of drug-likeness (QED) is 0.663. The van der Waals surface area contributed by atoms with E-state index >= 15 is 0 Å². The minimum atomic E-state index is 1.10. The Morgan fingerprint density at radius 1 is 0.538 bits per heavy atom. The highest BCUT2D eigenvalue weighted by Crippen LogP contribution is 2.11. The zero-order valence-electron chi connectivity index (χ0n) is 14.9. The fourth-order valence-corrected chi connectivity index (χ4v) is 2.34. The second kappa shape index (κ2) is 13.3. The van der Waals surface area contributed by atoms with E-state index in [-0.39, 0.29) is 0 Å². The van der Waals surface area contributed by atoms with Gasteiger partial charge in [0.15, 0.2) is 0 Å². The largest absolute Gasteiger partial charge is 0.158 e. The molecule has 0 amide bonds. The van der Waals surface area contributed by atoms with Gasteiger partial charge in [-0.3, -0.25) is 0 Å². The first-order chi connectivity index (χ1) is 13.0. The summed E-state index contributed by atoms with van der Waals surface area (Å²) in [7, 11) is 0. The van der Waals surface area contributed by atoms with Gasteiger partial charge in [0, 0.05) is 11.1 Å². The van der Waals surface area contributed by atoms with Crippen LogP contribution >= 0.6 is 0 Å². The molecule has 0 aromatic carbocycles. The van der Waals surface area contributed by atoms with Crippen molar-refractivity contribution in [1.29, 1.82) is 0 Å². The van der Waals surface area contributed by atoms with Crippen LogP contribution in [-0.4, -0.2) is 30.8 Å². The van der Waals surface area contributed by atoms with Gasteiger partial charge in [-0.25, -0.2) is 0 Å². The van der Waals surface area contributed by atoms with Crippen LogP contribution in [0.1, 0.15) is 49.7 Å². The summed E-state index contributed by atoms with van der Waals surface area (Å²) in [5, 5.41) is 20.7. The van der Waals surface area contributed by atoms with Crippen LogP contribution in [0.2, 0.25) is 0 Å². The molecule has 0 saturated carbocycles. The van der Waals surface area contributed by atoms with Crippen molar-refractivity contribution >= 4 is 12.2 Å². The van der Waals surface area contributed by atoms with Crippen molar-refractivity contribution in [3.63, 3.8) is 0 Å². The monoisotopic (exact) mass is 348 g/mol. The molecule has 6 heteroatoms. The number of hydrogen-bond donors (Lipinski definition) is 0. The molecule has 6 nitrogen and oxygen atoms in total. The van der Waals surface area contributed by atoms with Gasteiger partial charge in [-0.05, 0) is 36.1 Å². The van der Waals surface area contributed by atoms with Crippen LogP contribution in [0.15, 0.2) is 61.2 Å². The average Bonchev–Trinajstić information content (AvgIpc) is 2.64. The van der Waals surface area contributed by atoms with E-state index in [4.69, 9.17) is 0 Å². The van der Waals surface area contributed by atoms with Crippen LogP contribution < -0.4 is 0 Å². The van der Waals surface area contributed by atoms with E-state index in [1.165, 1.54) is 50.9 Å². The molecule has 134 valence electrons. The van der Waals surface area contributed by atoms with Gasteiger partial charge in [-0.15, -0.1) is 10.2 Å². The molecule has 2 heterocycles. The fourth-order valence-electron chi connectivity index (χ4n) is 2.34. The molecule has 2 aliphatic carbocycles. The number of allylic oxidation sites excluding steroid dienone is 6. The molecule has 2 aromatic heterocycles. The lowest BCUT2D eigenvalue weighted by atomic mass is 10.1. The molecule has 0 aliphatic heterocycles.